The molecule has 4 nitrogen and oxygen atoms in total. The first-order chi connectivity index (χ1) is 27.7. The molecule has 0 heterocycles. The fourth-order valence-corrected chi connectivity index (χ4v) is 7.74. The first-order valence-corrected chi connectivity index (χ1v) is 25.2. The van der Waals surface area contributed by atoms with E-state index in [-0.39, 0.29) is 12.5 Å². The zero-order chi connectivity index (χ0) is 40.7. The largest absolute Gasteiger partial charge is 0.394 e. The Morgan fingerprint density at radius 1 is 0.429 bits per heavy atom. The first kappa shape index (κ1) is 54.6. The van der Waals surface area contributed by atoms with Crippen molar-refractivity contribution in [1.82, 2.24) is 5.32 Å². The molecule has 0 spiro atoms. The third-order valence-corrected chi connectivity index (χ3v) is 11.6. The second-order valence-corrected chi connectivity index (χ2v) is 17.2. The van der Waals surface area contributed by atoms with Crippen LogP contribution in [-0.4, -0.2) is 34.9 Å². The van der Waals surface area contributed by atoms with Gasteiger partial charge in [0.2, 0.25) is 5.91 Å². The summed E-state index contributed by atoms with van der Waals surface area (Å²) in [4.78, 5) is 12.4. The summed E-state index contributed by atoms with van der Waals surface area (Å²) in [6.45, 7) is 4.28. The molecule has 0 saturated heterocycles. The van der Waals surface area contributed by atoms with E-state index in [1.54, 1.807) is 6.08 Å². The van der Waals surface area contributed by atoms with Crippen LogP contribution in [0.25, 0.3) is 0 Å². The van der Waals surface area contributed by atoms with Gasteiger partial charge in [0.05, 0.1) is 18.8 Å². The number of aliphatic hydroxyl groups is 2. The summed E-state index contributed by atoms with van der Waals surface area (Å²) in [6, 6.07) is -0.617. The van der Waals surface area contributed by atoms with Crippen LogP contribution in [-0.2, 0) is 4.79 Å². The maximum absolute atomic E-state index is 12.4. The molecule has 0 bridgehead atoms. The molecule has 0 aliphatic carbocycles. The molecule has 0 aliphatic rings. The lowest BCUT2D eigenvalue weighted by Crippen LogP contribution is -2.45. The summed E-state index contributed by atoms with van der Waals surface area (Å²) in [5, 5.41) is 22.9. The second kappa shape index (κ2) is 48.0. The predicted molar refractivity (Wildman–Crippen MR) is 248 cm³/mol. The van der Waals surface area contributed by atoms with E-state index in [4.69, 9.17) is 0 Å². The molecule has 0 aliphatic heterocycles. The van der Waals surface area contributed by atoms with Gasteiger partial charge in [-0.1, -0.05) is 249 Å². The van der Waals surface area contributed by atoms with Crippen LogP contribution >= 0.6 is 0 Å². The lowest BCUT2D eigenvalue weighted by molar-refractivity contribution is -0.123. The van der Waals surface area contributed by atoms with Crippen molar-refractivity contribution in [2.75, 3.05) is 6.61 Å². The smallest absolute Gasteiger partial charge is 0.220 e. The molecule has 2 unspecified atom stereocenters. The predicted octanol–water partition coefficient (Wildman–Crippen LogP) is 16.1. The molecule has 0 radical (unpaired) electrons. The topological polar surface area (TPSA) is 69.6 Å². The van der Waals surface area contributed by atoms with Crippen LogP contribution in [0.3, 0.4) is 0 Å². The van der Waals surface area contributed by atoms with E-state index in [9.17, 15) is 15.0 Å². The van der Waals surface area contributed by atoms with Crippen LogP contribution in [0.4, 0.5) is 0 Å². The Labute approximate surface area is 351 Å². The molecule has 0 rings (SSSR count). The van der Waals surface area contributed by atoms with E-state index in [0.29, 0.717) is 6.42 Å². The standard InChI is InChI=1S/C52H99NO3/c1-3-5-7-9-11-13-14-15-16-17-18-19-20-21-22-23-24-25-26-27-28-29-30-31-32-33-34-35-36-37-38-40-42-44-46-48-52(56)53-50(49-54)51(55)47-45-43-41-39-12-10-8-6-4-2/h14-15,17-18,45,47,50-51,54-55H,3-13,16,19-44,46,48-49H2,1-2H3,(H,53,56)/b15-14-,18-17-,47-45+. The summed E-state index contributed by atoms with van der Waals surface area (Å²) in [5.41, 5.74) is 0. The number of amides is 1. The highest BCUT2D eigenvalue weighted by atomic mass is 16.3. The Bertz CT molecular complexity index is 851. The van der Waals surface area contributed by atoms with Gasteiger partial charge in [0.25, 0.3) is 0 Å². The molecule has 56 heavy (non-hydrogen) atoms. The Kier molecular flexibility index (Phi) is 46.8. The summed E-state index contributed by atoms with van der Waals surface area (Å²) < 4.78 is 0. The van der Waals surface area contributed by atoms with Crippen molar-refractivity contribution < 1.29 is 15.0 Å². The number of aliphatic hydroxyl groups excluding tert-OH is 2. The summed E-state index contributed by atoms with van der Waals surface area (Å²) in [6.07, 6.45) is 64.5. The molecule has 0 saturated carbocycles. The van der Waals surface area contributed by atoms with Crippen molar-refractivity contribution in [3.8, 4) is 0 Å². The third-order valence-electron chi connectivity index (χ3n) is 11.6. The quantitative estimate of drug-likeness (QED) is 0.0425. The van der Waals surface area contributed by atoms with Gasteiger partial charge in [-0.15, -0.1) is 0 Å². The Morgan fingerprint density at radius 3 is 1.07 bits per heavy atom. The van der Waals surface area contributed by atoms with Crippen LogP contribution in [0.15, 0.2) is 36.5 Å². The van der Waals surface area contributed by atoms with Gasteiger partial charge in [-0.05, 0) is 51.4 Å². The number of rotatable bonds is 46. The highest BCUT2D eigenvalue weighted by Crippen LogP contribution is 2.16. The van der Waals surface area contributed by atoms with Crippen molar-refractivity contribution >= 4 is 5.91 Å². The molecular formula is C52H99NO3. The van der Waals surface area contributed by atoms with Gasteiger partial charge < -0.3 is 15.5 Å². The number of hydrogen-bond donors (Lipinski definition) is 3. The second-order valence-electron chi connectivity index (χ2n) is 17.2. The number of unbranched alkanes of at least 4 members (excludes halogenated alkanes) is 35. The Morgan fingerprint density at radius 2 is 0.732 bits per heavy atom. The number of carbonyl (C=O) groups is 1. The van der Waals surface area contributed by atoms with E-state index >= 15 is 0 Å². The fraction of sp³-hybridized carbons (Fsp3) is 0.865. The van der Waals surface area contributed by atoms with Crippen LogP contribution in [0, 0.1) is 0 Å². The van der Waals surface area contributed by atoms with E-state index in [2.05, 4.69) is 43.5 Å². The number of allylic oxidation sites excluding steroid dienone is 5. The van der Waals surface area contributed by atoms with E-state index in [1.807, 2.05) is 6.08 Å². The monoisotopic (exact) mass is 786 g/mol. The molecule has 1 amide bonds. The van der Waals surface area contributed by atoms with Crippen molar-refractivity contribution in [3.05, 3.63) is 36.5 Å². The molecule has 0 aromatic carbocycles. The Balaban J connectivity index is 3.37. The van der Waals surface area contributed by atoms with Crippen LogP contribution in [0.5, 0.6) is 0 Å². The highest BCUT2D eigenvalue weighted by molar-refractivity contribution is 5.76. The SMILES string of the molecule is CCCCCCC/C=C\C/C=C\CCCCCCCCCCCCCCCCCCCCCCCCCC(=O)NC(CO)C(O)/C=C/CCCCCCCCC. The summed E-state index contributed by atoms with van der Waals surface area (Å²) in [7, 11) is 0. The zero-order valence-corrected chi connectivity index (χ0v) is 37.9. The number of hydrogen-bond acceptors (Lipinski definition) is 3. The van der Waals surface area contributed by atoms with Crippen molar-refractivity contribution in [2.24, 2.45) is 0 Å². The average molecular weight is 786 g/mol. The third kappa shape index (κ3) is 43.7. The van der Waals surface area contributed by atoms with E-state index in [1.165, 1.54) is 218 Å². The van der Waals surface area contributed by atoms with Gasteiger partial charge in [0, 0.05) is 6.42 Å². The first-order valence-electron chi connectivity index (χ1n) is 25.2. The van der Waals surface area contributed by atoms with Crippen LogP contribution in [0.2, 0.25) is 0 Å². The van der Waals surface area contributed by atoms with Crippen LogP contribution in [0.1, 0.15) is 271 Å². The van der Waals surface area contributed by atoms with Crippen LogP contribution < -0.4 is 5.32 Å². The van der Waals surface area contributed by atoms with Gasteiger partial charge in [0.1, 0.15) is 0 Å². The molecule has 2 atom stereocenters. The maximum atomic E-state index is 12.4. The minimum atomic E-state index is -0.834. The normalized spacial score (nSPS) is 13.1. The molecule has 3 N–H and O–H groups in total. The van der Waals surface area contributed by atoms with E-state index in [0.717, 1.165) is 32.1 Å². The minimum Gasteiger partial charge on any atom is -0.394 e. The van der Waals surface area contributed by atoms with Crippen molar-refractivity contribution in [3.63, 3.8) is 0 Å². The lowest BCUT2D eigenvalue weighted by atomic mass is 10.0. The van der Waals surface area contributed by atoms with Gasteiger partial charge in [-0.25, -0.2) is 0 Å². The molecule has 0 fully saturated rings. The minimum absolute atomic E-state index is 0.0629. The maximum Gasteiger partial charge on any atom is 0.220 e. The van der Waals surface area contributed by atoms with Crippen molar-refractivity contribution in [1.29, 1.82) is 0 Å². The Hall–Kier alpha value is -1.39. The number of carbonyl (C=O) groups excluding carboxylic acids is 1. The lowest BCUT2D eigenvalue weighted by Gasteiger charge is -2.20. The van der Waals surface area contributed by atoms with Crippen molar-refractivity contribution in [2.45, 2.75) is 283 Å². The van der Waals surface area contributed by atoms with Gasteiger partial charge in [0.15, 0.2) is 0 Å². The summed E-state index contributed by atoms with van der Waals surface area (Å²) >= 11 is 0. The zero-order valence-electron chi connectivity index (χ0n) is 37.9. The molecular weight excluding hydrogens is 687 g/mol. The molecule has 0 aromatic rings. The molecule has 330 valence electrons. The highest BCUT2D eigenvalue weighted by Gasteiger charge is 2.18. The molecule has 4 heteroatoms. The van der Waals surface area contributed by atoms with E-state index < -0.39 is 12.1 Å². The molecule has 0 aromatic heterocycles. The fourth-order valence-electron chi connectivity index (χ4n) is 7.74. The average Bonchev–Trinajstić information content (AvgIpc) is 3.20. The van der Waals surface area contributed by atoms with Gasteiger partial charge in [-0.2, -0.15) is 0 Å². The number of nitrogens with one attached hydrogen (secondary N) is 1. The summed E-state index contributed by atoms with van der Waals surface area (Å²) in [5.74, 6) is -0.0629. The van der Waals surface area contributed by atoms with Gasteiger partial charge >= 0.3 is 0 Å². The van der Waals surface area contributed by atoms with Gasteiger partial charge in [-0.3, -0.25) is 4.79 Å².